The lowest BCUT2D eigenvalue weighted by atomic mass is 10.2. The summed E-state index contributed by atoms with van der Waals surface area (Å²) < 4.78 is 17.7. The van der Waals surface area contributed by atoms with Gasteiger partial charge in [0, 0.05) is 17.6 Å². The Morgan fingerprint density at radius 3 is 2.69 bits per heavy atom. The van der Waals surface area contributed by atoms with Crippen molar-refractivity contribution in [3.05, 3.63) is 57.5 Å². The zero-order chi connectivity index (χ0) is 18.5. The molecule has 0 N–H and O–H groups in total. The van der Waals surface area contributed by atoms with E-state index < -0.39 is 5.97 Å². The number of carbonyl (C=O) groups is 1. The van der Waals surface area contributed by atoms with Crippen LogP contribution in [0.1, 0.15) is 29.9 Å². The first-order valence-corrected chi connectivity index (χ1v) is 9.03. The third kappa shape index (κ3) is 3.85. The fourth-order valence-corrected chi connectivity index (χ4v) is 3.10. The normalized spacial score (nSPS) is 10.7. The van der Waals surface area contributed by atoms with Crippen LogP contribution in [0.5, 0.6) is 11.5 Å². The first kappa shape index (κ1) is 17.9. The van der Waals surface area contributed by atoms with Crippen LogP contribution in [-0.2, 0) is 11.3 Å². The molecule has 0 fully saturated rings. The van der Waals surface area contributed by atoms with Crippen LogP contribution in [-0.4, -0.2) is 28.6 Å². The Bertz CT molecular complexity index is 979. The molecule has 0 aliphatic rings. The highest BCUT2D eigenvalue weighted by Gasteiger charge is 2.14. The Kier molecular flexibility index (Phi) is 5.52. The molecule has 0 atom stereocenters. The monoisotopic (exact) mass is 374 g/mol. The number of carbonyl (C=O) groups excluding carboxylic acids is 1. The molecule has 3 rings (SSSR count). The molecule has 3 aromatic rings. The summed E-state index contributed by atoms with van der Waals surface area (Å²) in [5.74, 6) is 0.533. The van der Waals surface area contributed by atoms with E-state index in [0.717, 1.165) is 0 Å². The van der Waals surface area contributed by atoms with Crippen LogP contribution >= 0.6 is 11.3 Å². The lowest BCUT2D eigenvalue weighted by Crippen LogP contribution is -2.14. The second-order valence-electron chi connectivity index (χ2n) is 5.24. The fraction of sp³-hybridized carbons (Fsp3) is 0.278. The first-order chi connectivity index (χ1) is 12.6. The molecular formula is C18H18N2O5S. The largest absolute Gasteiger partial charge is 0.490 e. The van der Waals surface area contributed by atoms with E-state index in [-0.39, 0.29) is 12.2 Å². The highest BCUT2D eigenvalue weighted by atomic mass is 32.1. The van der Waals surface area contributed by atoms with Crippen molar-refractivity contribution in [3.63, 3.8) is 0 Å². The van der Waals surface area contributed by atoms with Crippen molar-refractivity contribution in [1.82, 2.24) is 9.38 Å². The SMILES string of the molecule is CCOc1ccc(C(=O)OCc2cc(=O)n3ccsc3n2)cc1OCC. The van der Waals surface area contributed by atoms with Gasteiger partial charge < -0.3 is 14.2 Å². The minimum Gasteiger partial charge on any atom is -0.490 e. The summed E-state index contributed by atoms with van der Waals surface area (Å²) >= 11 is 1.34. The number of hydrogen-bond acceptors (Lipinski definition) is 7. The van der Waals surface area contributed by atoms with E-state index in [9.17, 15) is 9.59 Å². The molecule has 0 saturated carbocycles. The Balaban J connectivity index is 1.74. The van der Waals surface area contributed by atoms with E-state index in [1.54, 1.807) is 29.8 Å². The maximum absolute atomic E-state index is 12.3. The average molecular weight is 374 g/mol. The van der Waals surface area contributed by atoms with Crippen molar-refractivity contribution in [2.45, 2.75) is 20.5 Å². The molecule has 0 saturated heterocycles. The van der Waals surface area contributed by atoms with Gasteiger partial charge in [-0.3, -0.25) is 9.20 Å². The zero-order valence-electron chi connectivity index (χ0n) is 14.4. The summed E-state index contributed by atoms with van der Waals surface area (Å²) in [6.45, 7) is 4.59. The molecule has 2 aromatic heterocycles. The molecule has 7 nitrogen and oxygen atoms in total. The maximum atomic E-state index is 12.3. The number of aromatic nitrogens is 2. The molecule has 0 unspecified atom stereocenters. The Morgan fingerprint density at radius 2 is 1.92 bits per heavy atom. The Labute approximate surface area is 153 Å². The van der Waals surface area contributed by atoms with Gasteiger partial charge in [-0.1, -0.05) is 0 Å². The van der Waals surface area contributed by atoms with E-state index >= 15 is 0 Å². The Hall–Kier alpha value is -2.87. The van der Waals surface area contributed by atoms with Gasteiger partial charge in [-0.15, -0.1) is 11.3 Å². The van der Waals surface area contributed by atoms with Crippen molar-refractivity contribution < 1.29 is 19.0 Å². The van der Waals surface area contributed by atoms with E-state index in [4.69, 9.17) is 14.2 Å². The minimum absolute atomic E-state index is 0.0837. The lowest BCUT2D eigenvalue weighted by molar-refractivity contribution is 0.0467. The van der Waals surface area contributed by atoms with Gasteiger partial charge in [-0.25, -0.2) is 9.78 Å². The minimum atomic E-state index is -0.526. The number of hydrogen-bond donors (Lipinski definition) is 0. The summed E-state index contributed by atoms with van der Waals surface area (Å²) in [4.78, 5) is 29.1. The van der Waals surface area contributed by atoms with E-state index in [0.29, 0.717) is 40.9 Å². The number of thiazole rings is 1. The molecule has 0 radical (unpaired) electrons. The predicted molar refractivity (Wildman–Crippen MR) is 97.2 cm³/mol. The number of rotatable bonds is 7. The van der Waals surface area contributed by atoms with Crippen LogP contribution in [0.25, 0.3) is 4.96 Å². The summed E-state index contributed by atoms with van der Waals surface area (Å²) in [6.07, 6.45) is 1.65. The second-order valence-corrected chi connectivity index (χ2v) is 6.12. The topological polar surface area (TPSA) is 79.1 Å². The molecule has 26 heavy (non-hydrogen) atoms. The van der Waals surface area contributed by atoms with Gasteiger partial charge >= 0.3 is 5.97 Å². The number of fused-ring (bicyclic) bond motifs is 1. The first-order valence-electron chi connectivity index (χ1n) is 8.15. The molecule has 1 aromatic carbocycles. The molecule has 0 spiro atoms. The van der Waals surface area contributed by atoms with Crippen LogP contribution in [0.2, 0.25) is 0 Å². The van der Waals surface area contributed by atoms with Gasteiger partial charge in [0.05, 0.1) is 24.5 Å². The van der Waals surface area contributed by atoms with Gasteiger partial charge in [0.25, 0.3) is 5.56 Å². The van der Waals surface area contributed by atoms with Crippen LogP contribution in [0.3, 0.4) is 0 Å². The fourth-order valence-electron chi connectivity index (χ4n) is 2.36. The quantitative estimate of drug-likeness (QED) is 0.592. The number of benzene rings is 1. The molecular weight excluding hydrogens is 356 g/mol. The van der Waals surface area contributed by atoms with Crippen molar-refractivity contribution in [2.75, 3.05) is 13.2 Å². The summed E-state index contributed by atoms with van der Waals surface area (Å²) in [5, 5.41) is 1.77. The number of ether oxygens (including phenoxy) is 3. The predicted octanol–water partition coefficient (Wildman–Crippen LogP) is 2.91. The molecule has 2 heterocycles. The van der Waals surface area contributed by atoms with Crippen molar-refractivity contribution >= 4 is 22.3 Å². The number of nitrogens with zero attached hydrogens (tertiary/aromatic N) is 2. The summed E-state index contributed by atoms with van der Waals surface area (Å²) in [6, 6.07) is 6.23. The highest BCUT2D eigenvalue weighted by Crippen LogP contribution is 2.28. The van der Waals surface area contributed by atoms with E-state index in [1.807, 2.05) is 13.8 Å². The number of esters is 1. The van der Waals surface area contributed by atoms with E-state index in [2.05, 4.69) is 4.98 Å². The van der Waals surface area contributed by atoms with E-state index in [1.165, 1.54) is 21.8 Å². The van der Waals surface area contributed by atoms with Gasteiger partial charge in [0.15, 0.2) is 16.5 Å². The van der Waals surface area contributed by atoms with Crippen LogP contribution in [0, 0.1) is 0 Å². The summed E-state index contributed by atoms with van der Waals surface area (Å²) in [5.41, 5.74) is 0.537. The maximum Gasteiger partial charge on any atom is 0.338 e. The van der Waals surface area contributed by atoms with Crippen LogP contribution in [0.4, 0.5) is 0 Å². The van der Waals surface area contributed by atoms with Crippen molar-refractivity contribution in [2.24, 2.45) is 0 Å². The van der Waals surface area contributed by atoms with Gasteiger partial charge in [0.1, 0.15) is 6.61 Å². The van der Waals surface area contributed by atoms with Crippen LogP contribution in [0.15, 0.2) is 40.6 Å². The van der Waals surface area contributed by atoms with Crippen molar-refractivity contribution in [1.29, 1.82) is 0 Å². The zero-order valence-corrected chi connectivity index (χ0v) is 15.2. The molecule has 0 bridgehead atoms. The van der Waals surface area contributed by atoms with Gasteiger partial charge in [0.2, 0.25) is 0 Å². The molecule has 8 heteroatoms. The highest BCUT2D eigenvalue weighted by molar-refractivity contribution is 7.15. The summed E-state index contributed by atoms with van der Waals surface area (Å²) in [7, 11) is 0. The lowest BCUT2D eigenvalue weighted by Gasteiger charge is -2.12. The van der Waals surface area contributed by atoms with Crippen molar-refractivity contribution in [3.8, 4) is 11.5 Å². The average Bonchev–Trinajstić information content (AvgIpc) is 3.11. The standard InChI is InChI=1S/C18H18N2O5S/c1-3-23-14-6-5-12(9-15(14)24-4-2)17(22)25-11-13-10-16(21)20-7-8-26-18(20)19-13/h5-10H,3-4,11H2,1-2H3. The molecule has 136 valence electrons. The molecule has 0 amide bonds. The Morgan fingerprint density at radius 1 is 1.15 bits per heavy atom. The van der Waals surface area contributed by atoms with Crippen LogP contribution < -0.4 is 15.0 Å². The molecule has 0 aliphatic carbocycles. The van der Waals surface area contributed by atoms with Gasteiger partial charge in [-0.2, -0.15) is 0 Å². The second kappa shape index (κ2) is 8.01. The third-order valence-electron chi connectivity index (χ3n) is 3.49. The third-order valence-corrected chi connectivity index (χ3v) is 4.24. The molecule has 0 aliphatic heterocycles. The van der Waals surface area contributed by atoms with Gasteiger partial charge in [-0.05, 0) is 32.0 Å². The smallest absolute Gasteiger partial charge is 0.338 e.